The number of aryl methyl sites for hydroxylation is 2. The number of carbonyl (C=O) groups is 3. The maximum absolute atomic E-state index is 12.1. The van der Waals surface area contributed by atoms with Crippen LogP contribution in [0.3, 0.4) is 0 Å². The lowest BCUT2D eigenvalue weighted by molar-refractivity contribution is -0.150. The van der Waals surface area contributed by atoms with Crippen LogP contribution in [-0.2, 0) is 30.3 Å². The first-order valence-electron chi connectivity index (χ1n) is 9.27. The van der Waals surface area contributed by atoms with Gasteiger partial charge >= 0.3 is 11.9 Å². The van der Waals surface area contributed by atoms with Crippen molar-refractivity contribution < 1.29 is 28.3 Å². The fourth-order valence-electron chi connectivity index (χ4n) is 2.89. The molecule has 28 heavy (non-hydrogen) atoms. The van der Waals surface area contributed by atoms with Crippen LogP contribution in [0.5, 0.6) is 0 Å². The Bertz CT molecular complexity index is 869. The Kier molecular flexibility index (Phi) is 7.20. The van der Waals surface area contributed by atoms with Gasteiger partial charge in [0.05, 0.1) is 19.8 Å². The topological polar surface area (TPSA) is 94.8 Å². The lowest BCUT2D eigenvalue weighted by Gasteiger charge is -2.21. The summed E-state index contributed by atoms with van der Waals surface area (Å²) < 4.78 is 15.4. The fraction of sp³-hybridized carbons (Fsp3) is 0.476. The monoisotopic (exact) mass is 389 g/mol. The van der Waals surface area contributed by atoms with Gasteiger partial charge in [-0.3, -0.25) is 9.59 Å². The van der Waals surface area contributed by atoms with E-state index < -0.39 is 30.5 Å². The highest BCUT2D eigenvalue weighted by Crippen LogP contribution is 2.26. The Labute approximate surface area is 164 Å². The summed E-state index contributed by atoms with van der Waals surface area (Å²) in [6.07, 6.45) is 2.22. The van der Waals surface area contributed by atoms with Crippen LogP contribution in [0.1, 0.15) is 37.0 Å². The lowest BCUT2D eigenvalue weighted by Crippen LogP contribution is -2.47. The van der Waals surface area contributed by atoms with Gasteiger partial charge < -0.3 is 19.2 Å². The van der Waals surface area contributed by atoms with Crippen LogP contribution in [0.25, 0.3) is 11.0 Å². The number of hydrogen-bond acceptors (Lipinski definition) is 6. The van der Waals surface area contributed by atoms with E-state index >= 15 is 0 Å². The number of furan rings is 1. The molecule has 2 rings (SSSR count). The third kappa shape index (κ3) is 4.91. The van der Waals surface area contributed by atoms with Crippen LogP contribution in [0.15, 0.2) is 22.8 Å². The number of amides is 1. The molecule has 1 aromatic heterocycles. The van der Waals surface area contributed by atoms with Crippen LogP contribution >= 0.6 is 0 Å². The summed E-state index contributed by atoms with van der Waals surface area (Å²) in [6, 6.07) is 3.10. The molecule has 0 saturated heterocycles. The second-order valence-electron chi connectivity index (χ2n) is 6.94. The smallest absolute Gasteiger partial charge is 0.328 e. The molecule has 0 radical (unpaired) electrons. The molecule has 2 aromatic rings. The number of nitrogens with one attached hydrogen (secondary N) is 1. The molecule has 1 amide bonds. The Balaban J connectivity index is 1.94. The predicted octanol–water partition coefficient (Wildman–Crippen LogP) is 2.84. The summed E-state index contributed by atoms with van der Waals surface area (Å²) in [5, 5.41) is 3.42. The summed E-state index contributed by atoms with van der Waals surface area (Å²) >= 11 is 0. The molecule has 0 aliphatic heterocycles. The van der Waals surface area contributed by atoms with Gasteiger partial charge in [-0.25, -0.2) is 4.79 Å². The van der Waals surface area contributed by atoms with Crippen molar-refractivity contribution in [1.29, 1.82) is 0 Å². The third-order valence-corrected chi connectivity index (χ3v) is 5.03. The van der Waals surface area contributed by atoms with E-state index in [0.29, 0.717) is 12.0 Å². The molecule has 0 aliphatic carbocycles. The molecule has 1 aromatic carbocycles. The van der Waals surface area contributed by atoms with Crippen molar-refractivity contribution in [1.82, 2.24) is 5.32 Å². The van der Waals surface area contributed by atoms with E-state index in [1.165, 1.54) is 13.4 Å². The molecule has 7 heteroatoms. The second kappa shape index (κ2) is 9.39. The number of benzene rings is 1. The largest absolute Gasteiger partial charge is 0.467 e. The van der Waals surface area contributed by atoms with Crippen molar-refractivity contribution in [3.8, 4) is 0 Å². The van der Waals surface area contributed by atoms with Crippen LogP contribution in [0, 0.1) is 19.8 Å². The van der Waals surface area contributed by atoms with Crippen LogP contribution in [-0.4, -0.2) is 37.6 Å². The van der Waals surface area contributed by atoms with E-state index in [2.05, 4.69) is 5.32 Å². The second-order valence-corrected chi connectivity index (χ2v) is 6.94. The number of carbonyl (C=O) groups excluding carboxylic acids is 3. The average molecular weight is 389 g/mol. The lowest BCUT2D eigenvalue weighted by atomic mass is 9.99. The number of esters is 2. The number of fused-ring (bicyclic) bond motifs is 1. The van der Waals surface area contributed by atoms with Crippen molar-refractivity contribution in [3.63, 3.8) is 0 Å². The maximum atomic E-state index is 12.1. The molecule has 0 spiro atoms. The summed E-state index contributed by atoms with van der Waals surface area (Å²) in [5.74, 6) is -1.72. The Hall–Kier alpha value is -2.83. The first-order valence-corrected chi connectivity index (χ1v) is 9.27. The minimum absolute atomic E-state index is 0.00538. The molecule has 2 atom stereocenters. The van der Waals surface area contributed by atoms with Crippen LogP contribution < -0.4 is 5.32 Å². The quantitative estimate of drug-likeness (QED) is 0.698. The van der Waals surface area contributed by atoms with Gasteiger partial charge in [0.2, 0.25) is 0 Å². The molecular formula is C21H27NO6. The zero-order valence-corrected chi connectivity index (χ0v) is 17.0. The van der Waals surface area contributed by atoms with Crippen LogP contribution in [0.2, 0.25) is 0 Å². The highest BCUT2D eigenvalue weighted by molar-refractivity contribution is 5.89. The molecule has 152 valence electrons. The van der Waals surface area contributed by atoms with E-state index in [9.17, 15) is 14.4 Å². The first-order chi connectivity index (χ1) is 13.3. The Morgan fingerprint density at radius 3 is 2.57 bits per heavy atom. The summed E-state index contributed by atoms with van der Waals surface area (Å²) in [6.45, 7) is 7.23. The van der Waals surface area contributed by atoms with E-state index in [-0.39, 0.29) is 12.3 Å². The van der Waals surface area contributed by atoms with Crippen molar-refractivity contribution in [2.75, 3.05) is 13.7 Å². The molecule has 7 nitrogen and oxygen atoms in total. The molecule has 0 fully saturated rings. The zero-order chi connectivity index (χ0) is 20.8. The predicted molar refractivity (Wildman–Crippen MR) is 104 cm³/mol. The third-order valence-electron chi connectivity index (χ3n) is 5.03. The van der Waals surface area contributed by atoms with Crippen molar-refractivity contribution in [3.05, 3.63) is 35.1 Å². The fourth-order valence-corrected chi connectivity index (χ4v) is 2.89. The van der Waals surface area contributed by atoms with Gasteiger partial charge in [0.1, 0.15) is 11.6 Å². The van der Waals surface area contributed by atoms with E-state index in [1.54, 1.807) is 0 Å². The minimum atomic E-state index is -0.773. The highest BCUT2D eigenvalue weighted by atomic mass is 16.5. The van der Waals surface area contributed by atoms with Crippen molar-refractivity contribution >= 4 is 28.8 Å². The number of ether oxygens (including phenoxy) is 2. The van der Waals surface area contributed by atoms with Gasteiger partial charge in [-0.15, -0.1) is 0 Å². The Morgan fingerprint density at radius 1 is 1.21 bits per heavy atom. The molecule has 0 saturated carbocycles. The first kappa shape index (κ1) is 21.5. The van der Waals surface area contributed by atoms with Gasteiger partial charge in [0.25, 0.3) is 5.91 Å². The van der Waals surface area contributed by atoms with E-state index in [4.69, 9.17) is 13.9 Å². The standard InChI is InChI=1S/C21H27NO6/c1-6-12(2)19(21(25)26-5)22-17(23)11-27-18(24)9-15-10-28-20-14(4)13(3)7-8-16(15)20/h7-8,10,12,19H,6,9,11H2,1-5H3,(H,22,23)/t12-,19-/m0/s1. The normalized spacial score (nSPS) is 13.0. The van der Waals surface area contributed by atoms with Gasteiger partial charge in [-0.1, -0.05) is 32.4 Å². The van der Waals surface area contributed by atoms with Crippen molar-refractivity contribution in [2.24, 2.45) is 5.92 Å². The Morgan fingerprint density at radius 2 is 1.93 bits per heavy atom. The van der Waals surface area contributed by atoms with E-state index in [1.807, 2.05) is 39.8 Å². The molecule has 0 bridgehead atoms. The summed E-state index contributed by atoms with van der Waals surface area (Å²) in [5.41, 5.74) is 3.58. The highest BCUT2D eigenvalue weighted by Gasteiger charge is 2.27. The van der Waals surface area contributed by atoms with Crippen LogP contribution in [0.4, 0.5) is 0 Å². The zero-order valence-electron chi connectivity index (χ0n) is 17.0. The number of rotatable bonds is 8. The van der Waals surface area contributed by atoms with Gasteiger partial charge in [0, 0.05) is 10.9 Å². The number of hydrogen-bond donors (Lipinski definition) is 1. The SMILES string of the molecule is CC[C@H](C)[C@H](NC(=O)COC(=O)Cc1coc2c(C)c(C)ccc12)C(=O)OC. The maximum Gasteiger partial charge on any atom is 0.328 e. The number of methoxy groups -OCH3 is 1. The van der Waals surface area contributed by atoms with Gasteiger partial charge in [-0.05, 0) is 30.9 Å². The summed E-state index contributed by atoms with van der Waals surface area (Å²) in [4.78, 5) is 36.0. The van der Waals surface area contributed by atoms with Gasteiger partial charge in [-0.2, -0.15) is 0 Å². The minimum Gasteiger partial charge on any atom is -0.467 e. The average Bonchev–Trinajstić information content (AvgIpc) is 3.09. The summed E-state index contributed by atoms with van der Waals surface area (Å²) in [7, 11) is 1.27. The molecular weight excluding hydrogens is 362 g/mol. The van der Waals surface area contributed by atoms with Crippen molar-refractivity contribution in [2.45, 2.75) is 46.6 Å². The molecule has 1 N–H and O–H groups in total. The molecule has 0 unspecified atom stereocenters. The molecule has 0 aliphatic rings. The van der Waals surface area contributed by atoms with E-state index in [0.717, 1.165) is 22.1 Å². The molecule has 1 heterocycles. The van der Waals surface area contributed by atoms with Gasteiger partial charge in [0.15, 0.2) is 6.61 Å².